The molecule has 0 aliphatic heterocycles. The highest BCUT2D eigenvalue weighted by atomic mass is 19.2. The number of hydrogen-bond donors (Lipinski definition) is 0. The number of benzene rings is 4. The van der Waals surface area contributed by atoms with Gasteiger partial charge in [0.05, 0.1) is 5.56 Å². The van der Waals surface area contributed by atoms with Crippen molar-refractivity contribution in [1.29, 1.82) is 0 Å². The molecule has 0 amide bonds. The van der Waals surface area contributed by atoms with Crippen LogP contribution < -0.4 is 0 Å². The van der Waals surface area contributed by atoms with Crippen LogP contribution in [0, 0.1) is 35.1 Å². The van der Waals surface area contributed by atoms with Crippen LogP contribution in [0.5, 0.6) is 0 Å². The molecule has 0 aliphatic carbocycles. The summed E-state index contributed by atoms with van der Waals surface area (Å²) in [5, 5.41) is 1.66. The van der Waals surface area contributed by atoms with Crippen molar-refractivity contribution < 1.29 is 22.0 Å². The topological polar surface area (TPSA) is 0 Å². The van der Waals surface area contributed by atoms with Crippen LogP contribution in [-0.2, 0) is 6.42 Å². The van der Waals surface area contributed by atoms with Gasteiger partial charge in [-0.25, -0.2) is 22.0 Å². The molecule has 0 aromatic heterocycles. The first kappa shape index (κ1) is 23.5. The second-order valence-corrected chi connectivity index (χ2v) is 8.29. The average Bonchev–Trinajstić information content (AvgIpc) is 2.83. The van der Waals surface area contributed by atoms with Crippen LogP contribution >= 0.6 is 0 Å². The summed E-state index contributed by atoms with van der Waals surface area (Å²) < 4.78 is 67.8. The van der Waals surface area contributed by atoms with E-state index in [4.69, 9.17) is 0 Å². The molecule has 0 bridgehead atoms. The Morgan fingerprint density at radius 1 is 0.735 bits per heavy atom. The minimum absolute atomic E-state index is 0.0216. The summed E-state index contributed by atoms with van der Waals surface area (Å²) in [6.45, 7) is 3.60. The van der Waals surface area contributed by atoms with Crippen LogP contribution in [0.1, 0.15) is 47.6 Å². The van der Waals surface area contributed by atoms with Gasteiger partial charge in [0.15, 0.2) is 23.3 Å². The summed E-state index contributed by atoms with van der Waals surface area (Å²) in [5.41, 5.74) is 3.03. The number of halogens is 5. The fourth-order valence-corrected chi connectivity index (χ4v) is 4.10. The molecule has 2 atom stereocenters. The molecule has 0 heterocycles. The molecule has 4 aromatic rings. The SMILES string of the molecule is CC(F)Cc1ccccc1C(C)c1ccc2c(C#Cc3cc(F)c(F)c(F)c3F)cccc2c1. The molecule has 0 saturated heterocycles. The molecule has 4 rings (SSSR count). The van der Waals surface area contributed by atoms with Crippen molar-refractivity contribution in [2.24, 2.45) is 0 Å². The summed E-state index contributed by atoms with van der Waals surface area (Å²) >= 11 is 0. The Morgan fingerprint density at radius 2 is 1.47 bits per heavy atom. The Balaban J connectivity index is 1.71. The summed E-state index contributed by atoms with van der Waals surface area (Å²) in [7, 11) is 0. The molecule has 4 aromatic carbocycles. The molecule has 2 unspecified atom stereocenters. The molecule has 0 aliphatic rings. The van der Waals surface area contributed by atoms with Gasteiger partial charge in [0.25, 0.3) is 0 Å². The molecule has 0 nitrogen and oxygen atoms in total. The van der Waals surface area contributed by atoms with E-state index in [1.165, 1.54) is 0 Å². The molecule has 0 N–H and O–H groups in total. The van der Waals surface area contributed by atoms with Crippen molar-refractivity contribution in [1.82, 2.24) is 0 Å². The van der Waals surface area contributed by atoms with E-state index < -0.39 is 35.0 Å². The van der Waals surface area contributed by atoms with Gasteiger partial charge >= 0.3 is 0 Å². The van der Waals surface area contributed by atoms with E-state index in [9.17, 15) is 22.0 Å². The lowest BCUT2D eigenvalue weighted by atomic mass is 9.87. The highest BCUT2D eigenvalue weighted by Gasteiger charge is 2.18. The van der Waals surface area contributed by atoms with E-state index in [0.29, 0.717) is 18.1 Å². The zero-order chi connectivity index (χ0) is 24.4. The molecule has 0 spiro atoms. The largest absolute Gasteiger partial charge is 0.247 e. The molecule has 172 valence electrons. The third kappa shape index (κ3) is 4.68. The van der Waals surface area contributed by atoms with Gasteiger partial charge in [0.1, 0.15) is 6.17 Å². The lowest BCUT2D eigenvalue weighted by Crippen LogP contribution is -2.06. The first-order valence-electron chi connectivity index (χ1n) is 10.9. The maximum absolute atomic E-state index is 14.0. The number of hydrogen-bond acceptors (Lipinski definition) is 0. The smallest absolute Gasteiger partial charge is 0.198 e. The van der Waals surface area contributed by atoms with Crippen molar-refractivity contribution in [3.8, 4) is 11.8 Å². The third-order valence-electron chi connectivity index (χ3n) is 5.86. The van der Waals surface area contributed by atoms with E-state index in [1.807, 2.05) is 48.5 Å². The van der Waals surface area contributed by atoms with Crippen LogP contribution in [0.25, 0.3) is 10.8 Å². The van der Waals surface area contributed by atoms with Gasteiger partial charge in [-0.3, -0.25) is 0 Å². The Labute approximate surface area is 195 Å². The van der Waals surface area contributed by atoms with Crippen molar-refractivity contribution in [3.63, 3.8) is 0 Å². The first-order valence-corrected chi connectivity index (χ1v) is 10.9. The van der Waals surface area contributed by atoms with E-state index >= 15 is 0 Å². The summed E-state index contributed by atoms with van der Waals surface area (Å²) in [5.74, 6) is -1.60. The zero-order valence-corrected chi connectivity index (χ0v) is 18.6. The molecule has 0 radical (unpaired) electrons. The molecule has 0 saturated carbocycles. The van der Waals surface area contributed by atoms with Crippen LogP contribution in [0.3, 0.4) is 0 Å². The summed E-state index contributed by atoms with van der Waals surface area (Å²) in [4.78, 5) is 0. The lowest BCUT2D eigenvalue weighted by molar-refractivity contribution is 0.359. The van der Waals surface area contributed by atoms with Crippen molar-refractivity contribution in [2.75, 3.05) is 0 Å². The maximum atomic E-state index is 14.0. The van der Waals surface area contributed by atoms with Crippen LogP contribution in [0.15, 0.2) is 66.7 Å². The van der Waals surface area contributed by atoms with E-state index in [-0.39, 0.29) is 5.92 Å². The maximum Gasteiger partial charge on any atom is 0.198 e. The van der Waals surface area contributed by atoms with Gasteiger partial charge in [0, 0.05) is 17.9 Å². The Bertz CT molecular complexity index is 1430. The number of rotatable bonds is 4. The first-order chi connectivity index (χ1) is 16.3. The van der Waals surface area contributed by atoms with Crippen LogP contribution in [0.2, 0.25) is 0 Å². The number of fused-ring (bicyclic) bond motifs is 1. The fraction of sp³-hybridized carbons (Fsp3) is 0.172. The highest BCUT2D eigenvalue weighted by Crippen LogP contribution is 2.31. The van der Waals surface area contributed by atoms with E-state index in [0.717, 1.165) is 27.5 Å². The molecule has 34 heavy (non-hydrogen) atoms. The Kier molecular flexibility index (Phi) is 6.70. The van der Waals surface area contributed by atoms with E-state index in [2.05, 4.69) is 18.8 Å². The Morgan fingerprint density at radius 3 is 2.24 bits per heavy atom. The van der Waals surface area contributed by atoms with Gasteiger partial charge in [-0.2, -0.15) is 0 Å². The van der Waals surface area contributed by atoms with Crippen LogP contribution in [-0.4, -0.2) is 6.17 Å². The van der Waals surface area contributed by atoms with Crippen LogP contribution in [0.4, 0.5) is 22.0 Å². The fourth-order valence-electron chi connectivity index (χ4n) is 4.10. The standard InChI is InChI=1S/C29H21F5/c1-17(30)14-21-6-3-4-9-24(21)18(2)20-12-13-25-19(7-5-8-22(25)15-20)10-11-23-16-26(31)28(33)29(34)27(23)32/h3-9,12-13,15-18H,14H2,1-2H3. The second-order valence-electron chi connectivity index (χ2n) is 8.29. The summed E-state index contributed by atoms with van der Waals surface area (Å²) in [6, 6.07) is 19.6. The van der Waals surface area contributed by atoms with Crippen molar-refractivity contribution in [3.05, 3.63) is 118 Å². The predicted octanol–water partition coefficient (Wildman–Crippen LogP) is 7.85. The second kappa shape index (κ2) is 9.69. The van der Waals surface area contributed by atoms with E-state index in [1.54, 1.807) is 19.1 Å². The van der Waals surface area contributed by atoms with Crippen molar-refractivity contribution in [2.45, 2.75) is 32.4 Å². The predicted molar refractivity (Wildman–Crippen MR) is 124 cm³/mol. The van der Waals surface area contributed by atoms with Gasteiger partial charge in [-0.1, -0.05) is 73.4 Å². The molecular formula is C29H21F5. The quantitative estimate of drug-likeness (QED) is 0.125. The van der Waals surface area contributed by atoms with Gasteiger partial charge < -0.3 is 0 Å². The summed E-state index contributed by atoms with van der Waals surface area (Å²) in [6.07, 6.45) is -0.603. The third-order valence-corrected chi connectivity index (χ3v) is 5.86. The monoisotopic (exact) mass is 464 g/mol. The molecule has 5 heteroatoms. The average molecular weight is 464 g/mol. The van der Waals surface area contributed by atoms with Gasteiger partial charge in [0.2, 0.25) is 0 Å². The zero-order valence-electron chi connectivity index (χ0n) is 18.6. The molecular weight excluding hydrogens is 443 g/mol. The van der Waals surface area contributed by atoms with Crippen molar-refractivity contribution >= 4 is 10.8 Å². The molecule has 0 fully saturated rings. The lowest BCUT2D eigenvalue weighted by Gasteiger charge is -2.18. The highest BCUT2D eigenvalue weighted by molar-refractivity contribution is 5.89. The number of alkyl halides is 1. The minimum atomic E-state index is -1.89. The minimum Gasteiger partial charge on any atom is -0.247 e. The normalized spacial score (nSPS) is 12.8. The van der Waals surface area contributed by atoms with Gasteiger partial charge in [-0.05, 0) is 46.5 Å². The van der Waals surface area contributed by atoms with Gasteiger partial charge in [-0.15, -0.1) is 0 Å². The Hall–Kier alpha value is -3.65.